The predicted molar refractivity (Wildman–Crippen MR) is 110 cm³/mol. The number of aliphatic hydroxyl groups is 1. The molecule has 0 saturated carbocycles. The lowest BCUT2D eigenvalue weighted by Gasteiger charge is -2.24. The summed E-state index contributed by atoms with van der Waals surface area (Å²) in [5, 5.41) is 11.2. The fraction of sp³-hybridized carbons (Fsp3) is 0.238. The zero-order chi connectivity index (χ0) is 19.1. The van der Waals surface area contributed by atoms with Gasteiger partial charge < -0.3 is 14.3 Å². The Bertz CT molecular complexity index is 824. The van der Waals surface area contributed by atoms with Gasteiger partial charge in [-0.05, 0) is 57.9 Å². The number of rotatable bonds is 9. The lowest BCUT2D eigenvalue weighted by Crippen LogP contribution is -2.35. The van der Waals surface area contributed by atoms with Crippen molar-refractivity contribution in [2.24, 2.45) is 0 Å². The van der Waals surface area contributed by atoms with E-state index in [4.69, 9.17) is 20.8 Å². The number of aliphatic hydroxyl groups excluding tert-OH is 1. The molecule has 1 unspecified atom stereocenters. The number of nitrogens with zero attached hydrogens (tertiary/aromatic N) is 1. The maximum Gasteiger partial charge on any atom is 0.133 e. The minimum Gasteiger partial charge on any atom is -0.490 e. The fourth-order valence-electron chi connectivity index (χ4n) is 2.75. The van der Waals surface area contributed by atoms with E-state index in [1.165, 1.54) is 0 Å². The summed E-state index contributed by atoms with van der Waals surface area (Å²) in [4.78, 5) is 2.12. The van der Waals surface area contributed by atoms with Crippen LogP contribution in [-0.2, 0) is 13.1 Å². The van der Waals surface area contributed by atoms with Crippen LogP contribution in [0.4, 0.5) is 0 Å². The van der Waals surface area contributed by atoms with Gasteiger partial charge >= 0.3 is 0 Å². The smallest absolute Gasteiger partial charge is 0.133 e. The maximum atomic E-state index is 10.5. The third kappa shape index (κ3) is 6.40. The number of para-hydroxylation sites is 1. The molecule has 6 heteroatoms. The van der Waals surface area contributed by atoms with Gasteiger partial charge in [-0.15, -0.1) is 0 Å². The highest BCUT2D eigenvalue weighted by Gasteiger charge is 2.15. The molecule has 142 valence electrons. The molecule has 0 bridgehead atoms. The molecule has 0 aliphatic rings. The van der Waals surface area contributed by atoms with Crippen LogP contribution in [0.25, 0.3) is 0 Å². The Morgan fingerprint density at radius 3 is 2.52 bits per heavy atom. The Kier molecular flexibility index (Phi) is 7.35. The SMILES string of the molecule is OC(COc1ccccc1Br)CN(Cc1ccc(Cl)cc1)Cc1ccco1. The van der Waals surface area contributed by atoms with Crippen molar-refractivity contribution in [3.05, 3.63) is 87.7 Å². The van der Waals surface area contributed by atoms with Crippen molar-refractivity contribution >= 4 is 27.5 Å². The van der Waals surface area contributed by atoms with E-state index in [9.17, 15) is 5.11 Å². The van der Waals surface area contributed by atoms with Gasteiger partial charge in [0.05, 0.1) is 17.3 Å². The first-order valence-corrected chi connectivity index (χ1v) is 9.82. The van der Waals surface area contributed by atoms with Gasteiger partial charge in [-0.3, -0.25) is 4.90 Å². The number of furan rings is 1. The topological polar surface area (TPSA) is 45.8 Å². The normalized spacial score (nSPS) is 12.3. The molecule has 0 saturated heterocycles. The van der Waals surface area contributed by atoms with E-state index in [0.717, 1.165) is 15.8 Å². The van der Waals surface area contributed by atoms with Gasteiger partial charge in [-0.1, -0.05) is 35.9 Å². The molecule has 0 fully saturated rings. The van der Waals surface area contributed by atoms with Crippen LogP contribution in [0.2, 0.25) is 5.02 Å². The number of halogens is 2. The molecule has 3 aromatic rings. The van der Waals surface area contributed by atoms with E-state index >= 15 is 0 Å². The highest BCUT2D eigenvalue weighted by atomic mass is 79.9. The van der Waals surface area contributed by atoms with Crippen LogP contribution in [-0.4, -0.2) is 29.3 Å². The maximum absolute atomic E-state index is 10.5. The molecule has 0 aliphatic carbocycles. The Morgan fingerprint density at radius 2 is 1.81 bits per heavy atom. The molecule has 2 aromatic carbocycles. The summed E-state index contributed by atoms with van der Waals surface area (Å²) >= 11 is 9.42. The van der Waals surface area contributed by atoms with Crippen LogP contribution >= 0.6 is 27.5 Å². The third-order valence-electron chi connectivity index (χ3n) is 4.02. The number of ether oxygens (including phenoxy) is 1. The highest BCUT2D eigenvalue weighted by molar-refractivity contribution is 9.10. The van der Waals surface area contributed by atoms with Crippen LogP contribution in [0, 0.1) is 0 Å². The predicted octanol–water partition coefficient (Wildman–Crippen LogP) is 5.14. The molecular formula is C21H21BrClNO3. The van der Waals surface area contributed by atoms with E-state index < -0.39 is 6.10 Å². The zero-order valence-corrected chi connectivity index (χ0v) is 17.1. The molecule has 4 nitrogen and oxygen atoms in total. The van der Waals surface area contributed by atoms with E-state index in [1.807, 2.05) is 60.7 Å². The lowest BCUT2D eigenvalue weighted by molar-refractivity contribution is 0.0602. The van der Waals surface area contributed by atoms with Gasteiger partial charge in [0.15, 0.2) is 0 Å². The first-order chi connectivity index (χ1) is 13.1. The van der Waals surface area contributed by atoms with Crippen molar-refractivity contribution in [3.63, 3.8) is 0 Å². The van der Waals surface area contributed by atoms with Crippen LogP contribution in [0.1, 0.15) is 11.3 Å². The molecule has 3 rings (SSSR count). The fourth-order valence-corrected chi connectivity index (χ4v) is 3.28. The summed E-state index contributed by atoms with van der Waals surface area (Å²) in [6.07, 6.45) is 1.02. The van der Waals surface area contributed by atoms with Crippen molar-refractivity contribution < 1.29 is 14.3 Å². The Labute approximate surface area is 172 Å². The Hall–Kier alpha value is -1.79. The van der Waals surface area contributed by atoms with E-state index in [-0.39, 0.29) is 6.61 Å². The Morgan fingerprint density at radius 1 is 1.04 bits per heavy atom. The molecule has 1 N–H and O–H groups in total. The quantitative estimate of drug-likeness (QED) is 0.490. The van der Waals surface area contributed by atoms with Gasteiger partial charge in [0.25, 0.3) is 0 Å². The molecule has 0 amide bonds. The molecule has 1 heterocycles. The zero-order valence-electron chi connectivity index (χ0n) is 14.7. The van der Waals surface area contributed by atoms with Crippen LogP contribution < -0.4 is 4.74 Å². The monoisotopic (exact) mass is 449 g/mol. The van der Waals surface area contributed by atoms with Crippen molar-refractivity contribution in [1.82, 2.24) is 4.90 Å². The van der Waals surface area contributed by atoms with Crippen LogP contribution in [0.15, 0.2) is 75.8 Å². The molecule has 0 spiro atoms. The molecular weight excluding hydrogens is 430 g/mol. The summed E-state index contributed by atoms with van der Waals surface area (Å²) in [6.45, 7) is 1.93. The van der Waals surface area contributed by atoms with E-state index in [2.05, 4.69) is 20.8 Å². The summed E-state index contributed by atoms with van der Waals surface area (Å²) in [7, 11) is 0. The minimum absolute atomic E-state index is 0.206. The number of hydrogen-bond acceptors (Lipinski definition) is 4. The molecule has 27 heavy (non-hydrogen) atoms. The van der Waals surface area contributed by atoms with Crippen molar-refractivity contribution in [2.75, 3.05) is 13.2 Å². The van der Waals surface area contributed by atoms with Gasteiger partial charge in [0.2, 0.25) is 0 Å². The molecule has 0 radical (unpaired) electrons. The van der Waals surface area contributed by atoms with Crippen LogP contribution in [0.5, 0.6) is 5.75 Å². The lowest BCUT2D eigenvalue weighted by atomic mass is 10.2. The average molecular weight is 451 g/mol. The molecule has 0 aliphatic heterocycles. The second-order valence-electron chi connectivity index (χ2n) is 6.27. The van der Waals surface area contributed by atoms with Crippen molar-refractivity contribution in [3.8, 4) is 5.75 Å². The van der Waals surface area contributed by atoms with Crippen molar-refractivity contribution in [1.29, 1.82) is 0 Å². The summed E-state index contributed by atoms with van der Waals surface area (Å²) in [6, 6.07) is 19.1. The summed E-state index contributed by atoms with van der Waals surface area (Å²) in [5.74, 6) is 1.56. The minimum atomic E-state index is -0.639. The summed E-state index contributed by atoms with van der Waals surface area (Å²) in [5.41, 5.74) is 1.12. The second kappa shape index (κ2) is 9.95. The molecule has 1 atom stereocenters. The average Bonchev–Trinajstić information content (AvgIpc) is 3.16. The Balaban J connectivity index is 1.61. The van der Waals surface area contributed by atoms with Gasteiger partial charge in [0, 0.05) is 18.1 Å². The van der Waals surface area contributed by atoms with E-state index in [1.54, 1.807) is 6.26 Å². The first kappa shape index (κ1) is 20.0. The third-order valence-corrected chi connectivity index (χ3v) is 4.92. The van der Waals surface area contributed by atoms with Crippen LogP contribution in [0.3, 0.4) is 0 Å². The number of benzene rings is 2. The van der Waals surface area contributed by atoms with Gasteiger partial charge in [-0.2, -0.15) is 0 Å². The first-order valence-electron chi connectivity index (χ1n) is 8.65. The van der Waals surface area contributed by atoms with Gasteiger partial charge in [-0.25, -0.2) is 0 Å². The molecule has 1 aromatic heterocycles. The largest absolute Gasteiger partial charge is 0.490 e. The van der Waals surface area contributed by atoms with Gasteiger partial charge in [0.1, 0.15) is 24.2 Å². The number of hydrogen-bond donors (Lipinski definition) is 1. The highest BCUT2D eigenvalue weighted by Crippen LogP contribution is 2.24. The standard InChI is InChI=1S/C21H21BrClNO3/c22-20-5-1-2-6-21(20)27-15-18(25)13-24(14-19-4-3-11-26-19)12-16-7-9-17(23)10-8-16/h1-11,18,25H,12-15H2. The summed E-state index contributed by atoms with van der Waals surface area (Å²) < 4.78 is 12.1. The van der Waals surface area contributed by atoms with Crippen molar-refractivity contribution in [2.45, 2.75) is 19.2 Å². The van der Waals surface area contributed by atoms with E-state index in [0.29, 0.717) is 30.4 Å². The second-order valence-corrected chi connectivity index (χ2v) is 7.56.